The molecule has 0 aromatic carbocycles. The van der Waals surface area contributed by atoms with Gasteiger partial charge in [0.15, 0.2) is 0 Å². The minimum Gasteiger partial charge on any atom is -0.469 e. The lowest BCUT2D eigenvalue weighted by molar-refractivity contribution is -0.146. The van der Waals surface area contributed by atoms with Crippen LogP contribution in [-0.2, 0) is 9.53 Å². The van der Waals surface area contributed by atoms with E-state index < -0.39 is 18.6 Å². The highest BCUT2D eigenvalue weighted by atomic mass is 19.4. The third-order valence-electron chi connectivity index (χ3n) is 0.701. The number of esters is 1. The van der Waals surface area contributed by atoms with Gasteiger partial charge < -0.3 is 4.74 Å². The van der Waals surface area contributed by atoms with Crippen LogP contribution < -0.4 is 0 Å². The Balaban J connectivity index is 3.46. The van der Waals surface area contributed by atoms with Crippen molar-refractivity contribution >= 4 is 5.97 Å². The summed E-state index contributed by atoms with van der Waals surface area (Å²) in [6, 6.07) is 0. The van der Waals surface area contributed by atoms with E-state index in [1.165, 1.54) is 0 Å². The van der Waals surface area contributed by atoms with Crippen molar-refractivity contribution in [3.63, 3.8) is 0 Å². The molecule has 0 saturated carbocycles. The Bertz CT molecular complexity index is 119. The first-order chi connectivity index (χ1) is 4.45. The van der Waals surface area contributed by atoms with E-state index in [1.54, 1.807) is 0 Å². The zero-order valence-corrected chi connectivity index (χ0v) is 5.23. The molecule has 0 aliphatic carbocycles. The van der Waals surface area contributed by atoms with Crippen LogP contribution >= 0.6 is 0 Å². The van der Waals surface area contributed by atoms with Crippen LogP contribution in [0.1, 0.15) is 6.42 Å². The van der Waals surface area contributed by atoms with E-state index in [9.17, 15) is 18.0 Å². The predicted molar refractivity (Wildman–Crippen MR) is 27.0 cm³/mol. The van der Waals surface area contributed by atoms with Gasteiger partial charge in [-0.1, -0.05) is 0 Å². The second-order valence-electron chi connectivity index (χ2n) is 1.55. The number of hydrogen-bond acceptors (Lipinski definition) is 2. The summed E-state index contributed by atoms with van der Waals surface area (Å²) >= 11 is 0. The molecule has 0 N–H and O–H groups in total. The van der Waals surface area contributed by atoms with Gasteiger partial charge in [-0.2, -0.15) is 13.2 Å². The Labute approximate surface area is 56.0 Å². The van der Waals surface area contributed by atoms with Crippen molar-refractivity contribution in [1.82, 2.24) is 0 Å². The van der Waals surface area contributed by atoms with Crippen molar-refractivity contribution in [2.24, 2.45) is 0 Å². The van der Waals surface area contributed by atoms with Gasteiger partial charge >= 0.3 is 12.1 Å². The minimum absolute atomic E-state index is 0.444. The summed E-state index contributed by atoms with van der Waals surface area (Å²) in [5, 5.41) is 0. The van der Waals surface area contributed by atoms with Gasteiger partial charge in [0.05, 0.1) is 20.0 Å². The highest BCUT2D eigenvalue weighted by Gasteiger charge is 2.28. The van der Waals surface area contributed by atoms with E-state index in [0.717, 1.165) is 7.11 Å². The maximum Gasteiger partial charge on any atom is 0.389 e. The number of alkyl halides is 3. The van der Waals surface area contributed by atoms with Crippen molar-refractivity contribution in [2.45, 2.75) is 12.6 Å². The second-order valence-corrected chi connectivity index (χ2v) is 1.55. The maximum absolute atomic E-state index is 11.3. The lowest BCUT2D eigenvalue weighted by Gasteiger charge is -2.02. The fraction of sp³-hybridized carbons (Fsp3) is 0.600. The Morgan fingerprint density at radius 3 is 2.40 bits per heavy atom. The van der Waals surface area contributed by atoms with Gasteiger partial charge in [0.1, 0.15) is 0 Å². The summed E-state index contributed by atoms with van der Waals surface area (Å²) in [4.78, 5) is 10.1. The van der Waals surface area contributed by atoms with Crippen LogP contribution in [0.15, 0.2) is 0 Å². The van der Waals surface area contributed by atoms with Crippen LogP contribution in [0, 0.1) is 6.42 Å². The maximum atomic E-state index is 11.3. The van der Waals surface area contributed by atoms with Crippen molar-refractivity contribution in [2.75, 3.05) is 7.11 Å². The van der Waals surface area contributed by atoms with Crippen LogP contribution in [0.5, 0.6) is 0 Å². The highest BCUT2D eigenvalue weighted by Crippen LogP contribution is 2.20. The Hall–Kier alpha value is -0.740. The van der Waals surface area contributed by atoms with Crippen molar-refractivity contribution in [1.29, 1.82) is 0 Å². The molecule has 0 aromatic rings. The summed E-state index contributed by atoms with van der Waals surface area (Å²) in [5.74, 6) is -0.961. The molecule has 0 atom stereocenters. The third-order valence-corrected chi connectivity index (χ3v) is 0.701. The van der Waals surface area contributed by atoms with Gasteiger partial charge in [0.25, 0.3) is 0 Å². The fourth-order valence-corrected chi connectivity index (χ4v) is 0.282. The molecule has 0 aliphatic rings. The Kier molecular flexibility index (Phi) is 3.18. The lowest BCUT2D eigenvalue weighted by Crippen LogP contribution is -2.12. The normalized spacial score (nSPS) is 11.2. The molecule has 0 heterocycles. The molecular weight excluding hydrogens is 149 g/mol. The number of halogens is 3. The van der Waals surface area contributed by atoms with E-state index in [2.05, 4.69) is 4.74 Å². The number of carbonyl (C=O) groups is 1. The molecule has 0 saturated heterocycles. The number of methoxy groups -OCH3 is 1. The highest BCUT2D eigenvalue weighted by molar-refractivity contribution is 5.78. The van der Waals surface area contributed by atoms with Crippen LogP contribution in [0.2, 0.25) is 0 Å². The molecule has 10 heavy (non-hydrogen) atoms. The lowest BCUT2D eigenvalue weighted by atomic mass is 10.3. The summed E-state index contributed by atoms with van der Waals surface area (Å²) < 4.78 is 37.9. The fourth-order valence-electron chi connectivity index (χ4n) is 0.282. The van der Waals surface area contributed by atoms with Gasteiger partial charge in [-0.15, -0.1) is 0 Å². The number of rotatable bonds is 2. The second kappa shape index (κ2) is 3.43. The first kappa shape index (κ1) is 9.26. The average molecular weight is 155 g/mol. The molecule has 0 aromatic heterocycles. The van der Waals surface area contributed by atoms with E-state index in [-0.39, 0.29) is 0 Å². The molecule has 59 valence electrons. The molecule has 0 fully saturated rings. The van der Waals surface area contributed by atoms with Gasteiger partial charge in [-0.25, -0.2) is 0 Å². The molecule has 0 amide bonds. The monoisotopic (exact) mass is 155 g/mol. The van der Waals surface area contributed by atoms with E-state index in [0.29, 0.717) is 6.42 Å². The molecule has 0 bridgehead atoms. The minimum atomic E-state index is -4.33. The molecule has 1 radical (unpaired) electrons. The molecule has 5 heteroatoms. The smallest absolute Gasteiger partial charge is 0.389 e. The topological polar surface area (TPSA) is 26.3 Å². The summed E-state index contributed by atoms with van der Waals surface area (Å²) in [7, 11) is 1.02. The van der Waals surface area contributed by atoms with Crippen molar-refractivity contribution in [3.05, 3.63) is 6.42 Å². The Morgan fingerprint density at radius 1 is 1.60 bits per heavy atom. The molecule has 0 unspecified atom stereocenters. The zero-order valence-electron chi connectivity index (χ0n) is 5.23. The summed E-state index contributed by atoms with van der Waals surface area (Å²) in [6.07, 6.45) is -5.12. The van der Waals surface area contributed by atoms with Crippen molar-refractivity contribution < 1.29 is 22.7 Å². The number of carbonyl (C=O) groups excluding carboxylic acids is 1. The molecule has 2 nitrogen and oxygen atoms in total. The first-order valence-corrected chi connectivity index (χ1v) is 2.43. The van der Waals surface area contributed by atoms with Crippen LogP contribution in [0.3, 0.4) is 0 Å². The van der Waals surface area contributed by atoms with Gasteiger partial charge in [0.2, 0.25) is 0 Å². The van der Waals surface area contributed by atoms with E-state index in [1.807, 2.05) is 0 Å². The SMILES string of the molecule is COC(=O)[CH]CC(F)(F)F. The predicted octanol–water partition coefficient (Wildman–Crippen LogP) is 1.32. The average Bonchev–Trinajstić information content (AvgIpc) is 1.81. The van der Waals surface area contributed by atoms with Gasteiger partial charge in [-0.05, 0) is 0 Å². The molecule has 0 aliphatic heterocycles. The quantitative estimate of drug-likeness (QED) is 0.562. The molecular formula is C5H6F3O2. The summed E-state index contributed by atoms with van der Waals surface area (Å²) in [5.41, 5.74) is 0. The van der Waals surface area contributed by atoms with Gasteiger partial charge in [0, 0.05) is 0 Å². The zero-order chi connectivity index (χ0) is 8.20. The number of hydrogen-bond donors (Lipinski definition) is 0. The third kappa shape index (κ3) is 5.40. The molecule has 0 rings (SSSR count). The van der Waals surface area contributed by atoms with Crippen LogP contribution in [0.4, 0.5) is 13.2 Å². The van der Waals surface area contributed by atoms with Crippen LogP contribution in [-0.4, -0.2) is 19.3 Å². The van der Waals surface area contributed by atoms with E-state index in [4.69, 9.17) is 0 Å². The van der Waals surface area contributed by atoms with Gasteiger partial charge in [-0.3, -0.25) is 4.79 Å². The standard InChI is InChI=1S/C5H6F3O2/c1-10-4(9)2-3-5(6,7)8/h2H,3H2,1H3. The number of ether oxygens (including phenoxy) is 1. The first-order valence-electron chi connectivity index (χ1n) is 2.43. The molecule has 0 spiro atoms. The summed E-state index contributed by atoms with van der Waals surface area (Å²) in [6.45, 7) is 0. The van der Waals surface area contributed by atoms with Crippen LogP contribution in [0.25, 0.3) is 0 Å². The van der Waals surface area contributed by atoms with Crippen molar-refractivity contribution in [3.8, 4) is 0 Å². The largest absolute Gasteiger partial charge is 0.469 e. The Morgan fingerprint density at radius 2 is 2.10 bits per heavy atom. The van der Waals surface area contributed by atoms with E-state index >= 15 is 0 Å².